The second-order valence-electron chi connectivity index (χ2n) is 21.2. The highest BCUT2D eigenvalue weighted by atomic mass is 15.1. The number of para-hydroxylation sites is 1. The van der Waals surface area contributed by atoms with E-state index < -0.39 is 5.41 Å². The summed E-state index contributed by atoms with van der Waals surface area (Å²) in [6, 6.07) is 120. The zero-order valence-electron chi connectivity index (χ0n) is 44.6. The largest absolute Gasteiger partial charge is 0.310 e. The van der Waals surface area contributed by atoms with E-state index in [0.717, 1.165) is 34.1 Å². The van der Waals surface area contributed by atoms with Gasteiger partial charge in [0.1, 0.15) is 0 Å². The molecular weight excluding hydrogens is 977 g/mol. The standard InChI is InChI=1S/C79H54N2/c1-5-17-55(18-6-1)58-29-33-60(34-30-58)63-39-45-66(46-40-63)80(65-23-11-4-12-24-65)69-49-51-73-74-52-50-70(54-78(74)79(77(73)53-69)75-27-15-13-25-71(75)72-26-14-16-28-76(72)79)81(67-43-37-62(38-44-67)57-21-9-3-10-22-57)68-47-41-64(42-48-68)61-35-31-59(32-36-61)56-19-7-2-8-20-56/h1-54H. The summed E-state index contributed by atoms with van der Waals surface area (Å²) in [5.41, 5.74) is 28.1. The first kappa shape index (κ1) is 47.7. The molecule has 0 atom stereocenters. The number of benzene rings is 13. The van der Waals surface area contributed by atoms with Gasteiger partial charge < -0.3 is 9.80 Å². The van der Waals surface area contributed by atoms with Gasteiger partial charge in [0.15, 0.2) is 0 Å². The number of hydrogen-bond acceptors (Lipinski definition) is 2. The first-order chi connectivity index (χ1) is 40.2. The summed E-state index contributed by atoms with van der Waals surface area (Å²) in [7, 11) is 0. The van der Waals surface area contributed by atoms with E-state index in [-0.39, 0.29) is 0 Å². The van der Waals surface area contributed by atoms with Crippen LogP contribution in [0, 0.1) is 0 Å². The molecule has 0 unspecified atom stereocenters. The summed E-state index contributed by atoms with van der Waals surface area (Å²) in [6.07, 6.45) is 0. The van der Waals surface area contributed by atoms with Crippen LogP contribution in [-0.2, 0) is 5.41 Å². The zero-order valence-corrected chi connectivity index (χ0v) is 44.6. The van der Waals surface area contributed by atoms with Crippen LogP contribution in [-0.4, -0.2) is 0 Å². The molecule has 0 aliphatic heterocycles. The molecule has 0 heterocycles. The van der Waals surface area contributed by atoms with Gasteiger partial charge in [-0.05, 0) is 173 Å². The Kier molecular flexibility index (Phi) is 11.8. The Morgan fingerprint density at radius 1 is 0.160 bits per heavy atom. The van der Waals surface area contributed by atoms with Crippen molar-refractivity contribution in [2.24, 2.45) is 0 Å². The molecule has 2 aliphatic rings. The zero-order chi connectivity index (χ0) is 53.7. The first-order valence-corrected chi connectivity index (χ1v) is 28.0. The predicted octanol–water partition coefficient (Wildman–Crippen LogP) is 21.3. The maximum Gasteiger partial charge on any atom is 0.0727 e. The molecule has 0 bridgehead atoms. The van der Waals surface area contributed by atoms with Gasteiger partial charge in [0, 0.05) is 34.1 Å². The fraction of sp³-hybridized carbons (Fsp3) is 0.0127. The highest BCUT2D eigenvalue weighted by molar-refractivity contribution is 5.98. The van der Waals surface area contributed by atoms with Gasteiger partial charge in [0.05, 0.1) is 5.41 Å². The van der Waals surface area contributed by atoms with Crippen LogP contribution in [0.1, 0.15) is 22.3 Å². The highest BCUT2D eigenvalue weighted by Gasteiger charge is 2.52. The summed E-state index contributed by atoms with van der Waals surface area (Å²) >= 11 is 0. The lowest BCUT2D eigenvalue weighted by Gasteiger charge is -2.33. The van der Waals surface area contributed by atoms with Crippen LogP contribution in [0.5, 0.6) is 0 Å². The SMILES string of the molecule is c1ccc(-c2ccc(-c3ccc(N(c4ccccc4)c4ccc5c(c4)C4(c6ccccc6-c6ccccc64)c4cc(N(c6ccc(-c7ccccc7)cc6)c6ccc(-c7ccc(-c8ccccc8)cc7)cc6)ccc4-5)cc3)cc2)cc1. The summed E-state index contributed by atoms with van der Waals surface area (Å²) in [4.78, 5) is 4.85. The normalized spacial score (nSPS) is 12.3. The quantitative estimate of drug-likeness (QED) is 0.127. The molecule has 0 aromatic heterocycles. The molecule has 2 aliphatic carbocycles. The molecule has 0 fully saturated rings. The second-order valence-corrected chi connectivity index (χ2v) is 21.2. The molecule has 0 amide bonds. The third-order valence-corrected chi connectivity index (χ3v) is 16.7. The highest BCUT2D eigenvalue weighted by Crippen LogP contribution is 2.64. The molecule has 81 heavy (non-hydrogen) atoms. The van der Waals surface area contributed by atoms with Crippen molar-refractivity contribution in [3.63, 3.8) is 0 Å². The van der Waals surface area contributed by atoms with E-state index in [1.807, 2.05) is 0 Å². The molecule has 0 saturated carbocycles. The van der Waals surface area contributed by atoms with Crippen molar-refractivity contribution in [2.75, 3.05) is 9.80 Å². The van der Waals surface area contributed by atoms with E-state index in [4.69, 9.17) is 0 Å². The van der Waals surface area contributed by atoms with Crippen molar-refractivity contribution in [3.05, 3.63) is 350 Å². The number of anilines is 6. The van der Waals surface area contributed by atoms with Gasteiger partial charge in [-0.3, -0.25) is 0 Å². The lowest BCUT2D eigenvalue weighted by atomic mass is 9.70. The van der Waals surface area contributed by atoms with E-state index in [0.29, 0.717) is 0 Å². The fourth-order valence-corrected chi connectivity index (χ4v) is 12.9. The number of hydrogen-bond donors (Lipinski definition) is 0. The van der Waals surface area contributed by atoms with Gasteiger partial charge in [0.25, 0.3) is 0 Å². The maximum absolute atomic E-state index is 2.50. The third-order valence-electron chi connectivity index (χ3n) is 16.7. The topological polar surface area (TPSA) is 6.48 Å². The molecule has 1 spiro atoms. The molecule has 0 saturated heterocycles. The van der Waals surface area contributed by atoms with Crippen LogP contribution < -0.4 is 9.80 Å². The minimum absolute atomic E-state index is 0.611. The molecule has 0 N–H and O–H groups in total. The Hall–Kier alpha value is -10.5. The van der Waals surface area contributed by atoms with Gasteiger partial charge in [-0.2, -0.15) is 0 Å². The van der Waals surface area contributed by atoms with Crippen molar-refractivity contribution in [1.82, 2.24) is 0 Å². The number of rotatable bonds is 11. The molecular formula is C79H54N2. The Labute approximate surface area is 474 Å². The summed E-state index contributed by atoms with van der Waals surface area (Å²) in [5, 5.41) is 0. The van der Waals surface area contributed by atoms with E-state index in [1.54, 1.807) is 0 Å². The maximum atomic E-state index is 2.50. The molecule has 15 rings (SSSR count). The molecule has 380 valence electrons. The first-order valence-electron chi connectivity index (χ1n) is 28.0. The molecule has 2 nitrogen and oxygen atoms in total. The van der Waals surface area contributed by atoms with Crippen LogP contribution in [0.4, 0.5) is 34.1 Å². The molecule has 13 aromatic rings. The Morgan fingerprint density at radius 2 is 0.383 bits per heavy atom. The van der Waals surface area contributed by atoms with E-state index in [1.165, 1.54) is 100 Å². The van der Waals surface area contributed by atoms with Crippen LogP contribution in [0.3, 0.4) is 0 Å². The monoisotopic (exact) mass is 1030 g/mol. The van der Waals surface area contributed by atoms with Gasteiger partial charge in [-0.1, -0.05) is 255 Å². The van der Waals surface area contributed by atoms with E-state index >= 15 is 0 Å². The molecule has 13 aromatic carbocycles. The van der Waals surface area contributed by atoms with Crippen molar-refractivity contribution in [3.8, 4) is 77.9 Å². The third kappa shape index (κ3) is 8.27. The minimum Gasteiger partial charge on any atom is -0.310 e. The minimum atomic E-state index is -0.611. The molecule has 2 heteroatoms. The van der Waals surface area contributed by atoms with Crippen molar-refractivity contribution < 1.29 is 0 Å². The van der Waals surface area contributed by atoms with E-state index in [9.17, 15) is 0 Å². The van der Waals surface area contributed by atoms with Crippen LogP contribution >= 0.6 is 0 Å². The Morgan fingerprint density at radius 3 is 0.704 bits per heavy atom. The van der Waals surface area contributed by atoms with Gasteiger partial charge in [-0.15, -0.1) is 0 Å². The summed E-state index contributed by atoms with van der Waals surface area (Å²) in [6.45, 7) is 0. The molecule has 0 radical (unpaired) electrons. The van der Waals surface area contributed by atoms with Crippen LogP contribution in [0.2, 0.25) is 0 Å². The summed E-state index contributed by atoms with van der Waals surface area (Å²) in [5.74, 6) is 0. The van der Waals surface area contributed by atoms with E-state index in [2.05, 4.69) is 337 Å². The lowest BCUT2D eigenvalue weighted by molar-refractivity contribution is 0.793. The Bertz CT molecular complexity index is 4340. The number of fused-ring (bicyclic) bond motifs is 10. The van der Waals surface area contributed by atoms with Gasteiger partial charge in [0.2, 0.25) is 0 Å². The summed E-state index contributed by atoms with van der Waals surface area (Å²) < 4.78 is 0. The van der Waals surface area contributed by atoms with Crippen molar-refractivity contribution in [2.45, 2.75) is 5.41 Å². The average molecular weight is 1030 g/mol. The van der Waals surface area contributed by atoms with Crippen molar-refractivity contribution in [1.29, 1.82) is 0 Å². The van der Waals surface area contributed by atoms with Gasteiger partial charge >= 0.3 is 0 Å². The van der Waals surface area contributed by atoms with Gasteiger partial charge in [-0.25, -0.2) is 0 Å². The van der Waals surface area contributed by atoms with Crippen molar-refractivity contribution >= 4 is 34.1 Å². The number of nitrogens with zero attached hydrogens (tertiary/aromatic N) is 2. The van der Waals surface area contributed by atoms with Crippen LogP contribution in [0.25, 0.3) is 77.9 Å². The average Bonchev–Trinajstić information content (AvgIpc) is 2.31. The smallest absolute Gasteiger partial charge is 0.0727 e. The Balaban J connectivity index is 0.863. The lowest BCUT2D eigenvalue weighted by Crippen LogP contribution is -2.26. The van der Waals surface area contributed by atoms with Crippen LogP contribution in [0.15, 0.2) is 328 Å². The fourth-order valence-electron chi connectivity index (χ4n) is 12.9. The predicted molar refractivity (Wildman–Crippen MR) is 339 cm³/mol. The second kappa shape index (κ2) is 20.0.